The molecule has 1 fully saturated rings. The Kier molecular flexibility index (Phi) is 3.83. The summed E-state index contributed by atoms with van der Waals surface area (Å²) < 4.78 is 0. The fourth-order valence-electron chi connectivity index (χ4n) is 3.70. The first-order valence-electron chi connectivity index (χ1n) is 8.10. The molecule has 3 rings (SSSR count). The summed E-state index contributed by atoms with van der Waals surface area (Å²) in [4.78, 5) is 26.0. The van der Waals surface area contributed by atoms with Crippen LogP contribution in [0.15, 0.2) is 6.20 Å². The van der Waals surface area contributed by atoms with Gasteiger partial charge in [0.05, 0.1) is 6.20 Å². The van der Waals surface area contributed by atoms with E-state index in [4.69, 9.17) is 4.98 Å². The Morgan fingerprint density at radius 1 is 1.29 bits per heavy atom. The van der Waals surface area contributed by atoms with Gasteiger partial charge in [0.2, 0.25) is 5.91 Å². The average molecular weight is 288 g/mol. The number of fused-ring (bicyclic) bond motifs is 1. The van der Waals surface area contributed by atoms with E-state index in [1.807, 2.05) is 24.9 Å². The Labute approximate surface area is 126 Å². The van der Waals surface area contributed by atoms with E-state index in [-0.39, 0.29) is 11.9 Å². The summed E-state index contributed by atoms with van der Waals surface area (Å²) in [5.41, 5.74) is 0.879. The van der Waals surface area contributed by atoms with Crippen molar-refractivity contribution in [2.45, 2.75) is 65.0 Å². The van der Waals surface area contributed by atoms with Gasteiger partial charge in [-0.3, -0.25) is 4.79 Å². The monoisotopic (exact) mass is 288 g/mol. The lowest BCUT2D eigenvalue weighted by molar-refractivity contribution is -0.120. The minimum atomic E-state index is -0.0742. The van der Waals surface area contributed by atoms with Crippen LogP contribution in [0.3, 0.4) is 0 Å². The van der Waals surface area contributed by atoms with Gasteiger partial charge in [-0.05, 0) is 33.1 Å². The van der Waals surface area contributed by atoms with Crippen LogP contribution in [0.5, 0.6) is 0 Å². The zero-order valence-electron chi connectivity index (χ0n) is 13.2. The third-order valence-corrected chi connectivity index (χ3v) is 4.71. The fraction of sp³-hybridized carbons (Fsp3) is 0.688. The van der Waals surface area contributed by atoms with Gasteiger partial charge in [0, 0.05) is 12.6 Å². The molecule has 0 saturated heterocycles. The largest absolute Gasteiger partial charge is 0.340 e. The van der Waals surface area contributed by atoms with Crippen LogP contribution < -0.4 is 9.80 Å². The maximum absolute atomic E-state index is 12.8. The number of carbonyl (C=O) groups is 1. The summed E-state index contributed by atoms with van der Waals surface area (Å²) in [6.45, 7) is 6.70. The number of aryl methyl sites for hydroxylation is 1. The number of nitrogens with zero attached hydrogens (tertiary/aromatic N) is 4. The maximum atomic E-state index is 12.8. The lowest BCUT2D eigenvalue weighted by Crippen LogP contribution is -2.56. The van der Waals surface area contributed by atoms with Crippen molar-refractivity contribution >= 4 is 17.4 Å². The molecule has 1 aliphatic carbocycles. The molecule has 0 bridgehead atoms. The molecule has 5 heteroatoms. The maximum Gasteiger partial charge on any atom is 0.249 e. The van der Waals surface area contributed by atoms with Gasteiger partial charge in [-0.15, -0.1) is 0 Å². The van der Waals surface area contributed by atoms with Gasteiger partial charge >= 0.3 is 0 Å². The van der Waals surface area contributed by atoms with Crippen molar-refractivity contribution in [1.29, 1.82) is 0 Å². The first-order valence-corrected chi connectivity index (χ1v) is 8.10. The Morgan fingerprint density at radius 3 is 2.62 bits per heavy atom. The molecule has 1 amide bonds. The summed E-state index contributed by atoms with van der Waals surface area (Å²) in [5.74, 6) is 1.94. The number of likely N-dealkylation sites (N-methyl/N-ethyl adjacent to an activating group) is 1. The highest BCUT2D eigenvalue weighted by atomic mass is 16.2. The Hall–Kier alpha value is -1.65. The first kappa shape index (κ1) is 14.3. The minimum Gasteiger partial charge on any atom is -0.340 e. The molecule has 5 nitrogen and oxygen atoms in total. The van der Waals surface area contributed by atoms with Gasteiger partial charge in [0.15, 0.2) is 5.82 Å². The van der Waals surface area contributed by atoms with E-state index < -0.39 is 0 Å². The van der Waals surface area contributed by atoms with Crippen LogP contribution in [0, 0.1) is 6.92 Å². The summed E-state index contributed by atoms with van der Waals surface area (Å²) in [5, 5.41) is 0. The summed E-state index contributed by atoms with van der Waals surface area (Å²) in [7, 11) is 0. The molecule has 1 atom stereocenters. The number of hydrogen-bond acceptors (Lipinski definition) is 4. The summed E-state index contributed by atoms with van der Waals surface area (Å²) in [6, 6.07) is 0.376. The molecule has 0 spiro atoms. The number of hydrogen-bond donors (Lipinski definition) is 0. The first-order chi connectivity index (χ1) is 10.2. The van der Waals surface area contributed by atoms with Crippen molar-refractivity contribution in [3.05, 3.63) is 12.0 Å². The van der Waals surface area contributed by atoms with Crippen LogP contribution in [-0.2, 0) is 4.79 Å². The highest BCUT2D eigenvalue weighted by molar-refractivity contribution is 6.04. The second kappa shape index (κ2) is 5.62. The molecular weight excluding hydrogens is 264 g/mol. The molecule has 2 aliphatic rings. The normalized spacial score (nSPS) is 22.8. The van der Waals surface area contributed by atoms with Crippen LogP contribution in [0.2, 0.25) is 0 Å². The van der Waals surface area contributed by atoms with Gasteiger partial charge < -0.3 is 9.80 Å². The molecule has 0 aromatic carbocycles. The number of anilines is 2. The third kappa shape index (κ3) is 2.28. The molecule has 0 radical (unpaired) electrons. The van der Waals surface area contributed by atoms with E-state index in [0.717, 1.165) is 23.8 Å². The number of amides is 1. The van der Waals surface area contributed by atoms with Crippen molar-refractivity contribution in [3.63, 3.8) is 0 Å². The van der Waals surface area contributed by atoms with Crippen molar-refractivity contribution < 1.29 is 4.79 Å². The van der Waals surface area contributed by atoms with E-state index in [2.05, 4.69) is 16.8 Å². The van der Waals surface area contributed by atoms with E-state index >= 15 is 0 Å². The molecule has 1 saturated carbocycles. The zero-order chi connectivity index (χ0) is 15.0. The lowest BCUT2D eigenvalue weighted by Gasteiger charge is -2.44. The molecule has 0 unspecified atom stereocenters. The second-order valence-electron chi connectivity index (χ2n) is 5.98. The topological polar surface area (TPSA) is 49.3 Å². The molecule has 21 heavy (non-hydrogen) atoms. The molecule has 114 valence electrons. The SMILES string of the molecule is CC[C@@H]1C(=O)N(CC)c2cnc(C)nc2N1C1CCCC1. The van der Waals surface area contributed by atoms with Gasteiger partial charge in [-0.25, -0.2) is 9.97 Å². The van der Waals surface area contributed by atoms with Crippen LogP contribution in [-0.4, -0.2) is 34.5 Å². The average Bonchev–Trinajstić information content (AvgIpc) is 3.00. The Morgan fingerprint density at radius 2 is 2.00 bits per heavy atom. The van der Waals surface area contributed by atoms with Gasteiger partial charge in [0.25, 0.3) is 0 Å². The van der Waals surface area contributed by atoms with Crippen LogP contribution in [0.25, 0.3) is 0 Å². The van der Waals surface area contributed by atoms with E-state index in [9.17, 15) is 4.79 Å². The van der Waals surface area contributed by atoms with Gasteiger partial charge in [-0.1, -0.05) is 19.8 Å². The van der Waals surface area contributed by atoms with E-state index in [0.29, 0.717) is 12.6 Å². The Balaban J connectivity index is 2.11. The van der Waals surface area contributed by atoms with Crippen LogP contribution in [0.1, 0.15) is 51.8 Å². The van der Waals surface area contributed by atoms with Crippen molar-refractivity contribution in [2.75, 3.05) is 16.3 Å². The zero-order valence-corrected chi connectivity index (χ0v) is 13.2. The smallest absolute Gasteiger partial charge is 0.249 e. The second-order valence-corrected chi connectivity index (χ2v) is 5.98. The predicted molar refractivity (Wildman–Crippen MR) is 83.6 cm³/mol. The predicted octanol–water partition coefficient (Wildman–Crippen LogP) is 2.68. The Bertz CT molecular complexity index is 539. The third-order valence-electron chi connectivity index (χ3n) is 4.71. The van der Waals surface area contributed by atoms with Gasteiger partial charge in [0.1, 0.15) is 17.6 Å². The van der Waals surface area contributed by atoms with Gasteiger partial charge in [-0.2, -0.15) is 0 Å². The van der Waals surface area contributed by atoms with Crippen LogP contribution >= 0.6 is 0 Å². The summed E-state index contributed by atoms with van der Waals surface area (Å²) >= 11 is 0. The summed E-state index contributed by atoms with van der Waals surface area (Å²) in [6.07, 6.45) is 7.48. The lowest BCUT2D eigenvalue weighted by atomic mass is 10.0. The quantitative estimate of drug-likeness (QED) is 0.858. The molecule has 2 heterocycles. The number of carbonyl (C=O) groups excluding carboxylic acids is 1. The molecule has 1 aliphatic heterocycles. The highest BCUT2D eigenvalue weighted by Crippen LogP contribution is 2.39. The fourth-order valence-corrected chi connectivity index (χ4v) is 3.70. The number of aromatic nitrogens is 2. The van der Waals surface area contributed by atoms with Crippen molar-refractivity contribution in [2.24, 2.45) is 0 Å². The standard InChI is InChI=1S/C16H24N4O/c1-4-13-16(21)19(5-2)14-10-17-11(3)18-15(14)20(13)12-8-6-7-9-12/h10,12-13H,4-9H2,1-3H3/t13-/m1/s1. The minimum absolute atomic E-state index is 0.0742. The molecule has 1 aromatic rings. The molecule has 0 N–H and O–H groups in total. The van der Waals surface area contributed by atoms with Crippen LogP contribution in [0.4, 0.5) is 11.5 Å². The van der Waals surface area contributed by atoms with Crippen molar-refractivity contribution in [1.82, 2.24) is 9.97 Å². The molecular formula is C16H24N4O. The molecule has 1 aromatic heterocycles. The highest BCUT2D eigenvalue weighted by Gasteiger charge is 2.41. The van der Waals surface area contributed by atoms with Crippen molar-refractivity contribution in [3.8, 4) is 0 Å². The van der Waals surface area contributed by atoms with E-state index in [1.165, 1.54) is 25.7 Å². The number of rotatable bonds is 3. The van der Waals surface area contributed by atoms with E-state index in [1.54, 1.807) is 0 Å².